The third-order valence-corrected chi connectivity index (χ3v) is 5.75. The molecule has 6 N–H and O–H groups in total. The van der Waals surface area contributed by atoms with E-state index in [9.17, 15) is 9.59 Å². The molecule has 1 saturated heterocycles. The number of hydrogen-bond donors (Lipinski definition) is 4. The first-order valence-corrected chi connectivity index (χ1v) is 10.5. The molecule has 1 fully saturated rings. The zero-order valence-electron chi connectivity index (χ0n) is 18.6. The molecule has 4 rings (SSSR count). The van der Waals surface area contributed by atoms with E-state index >= 15 is 0 Å². The minimum Gasteiger partial charge on any atom is -0.480 e. The van der Waals surface area contributed by atoms with Crippen molar-refractivity contribution in [1.82, 2.24) is 15.0 Å². The van der Waals surface area contributed by atoms with Crippen molar-refractivity contribution in [2.24, 2.45) is 11.5 Å². The predicted molar refractivity (Wildman–Crippen MR) is 124 cm³/mol. The average molecular weight is 439 g/mol. The summed E-state index contributed by atoms with van der Waals surface area (Å²) in [6, 6.07) is 9.35. The van der Waals surface area contributed by atoms with E-state index in [2.05, 4.69) is 40.6 Å². The molecule has 1 aromatic carbocycles. The number of hydrogen-bond acceptors (Lipinski definition) is 6. The lowest BCUT2D eigenvalue weighted by atomic mass is 9.87. The quantitative estimate of drug-likeness (QED) is 0.490. The number of primary amides is 1. The van der Waals surface area contributed by atoms with Gasteiger partial charge in [-0.15, -0.1) is 0 Å². The number of piperidine rings is 1. The molecule has 170 valence electrons. The molecule has 1 aliphatic heterocycles. The van der Waals surface area contributed by atoms with Crippen LogP contribution in [-0.4, -0.2) is 50.6 Å². The Morgan fingerprint density at radius 2 is 1.72 bits per heavy atom. The van der Waals surface area contributed by atoms with Gasteiger partial charge < -0.3 is 26.5 Å². The average Bonchev–Trinajstić information content (AvgIpc) is 3.23. The summed E-state index contributed by atoms with van der Waals surface area (Å²) in [5, 5.41) is 10.1. The van der Waals surface area contributed by atoms with Gasteiger partial charge in [-0.3, -0.25) is 9.59 Å². The molecule has 0 unspecified atom stereocenters. The Bertz CT molecular complexity index is 1090. The molecule has 9 nitrogen and oxygen atoms in total. The summed E-state index contributed by atoms with van der Waals surface area (Å²) < 4.78 is 0. The predicted octanol–water partition coefficient (Wildman–Crippen LogP) is 2.42. The molecular weight excluding hydrogens is 408 g/mol. The smallest absolute Gasteiger partial charge is 0.323 e. The summed E-state index contributed by atoms with van der Waals surface area (Å²) in [5.41, 5.74) is 12.6. The summed E-state index contributed by atoms with van der Waals surface area (Å²) >= 11 is 0. The summed E-state index contributed by atoms with van der Waals surface area (Å²) in [4.78, 5) is 35.4. The number of nitrogens with zero attached hydrogens (tertiary/aromatic N) is 3. The van der Waals surface area contributed by atoms with Crippen molar-refractivity contribution in [3.05, 3.63) is 54.0 Å². The van der Waals surface area contributed by atoms with Crippen molar-refractivity contribution < 1.29 is 14.7 Å². The molecule has 0 atom stereocenters. The topological polar surface area (TPSA) is 151 Å². The summed E-state index contributed by atoms with van der Waals surface area (Å²) in [7, 11) is 0. The molecular formula is C23H30N6O3. The second kappa shape index (κ2) is 8.96. The summed E-state index contributed by atoms with van der Waals surface area (Å²) in [6.45, 7) is 7.56. The van der Waals surface area contributed by atoms with E-state index in [0.717, 1.165) is 16.9 Å². The van der Waals surface area contributed by atoms with Crippen LogP contribution in [0.5, 0.6) is 0 Å². The molecule has 0 radical (unpaired) electrons. The number of carbonyl (C=O) groups excluding carboxylic acids is 1. The number of fused-ring (bicyclic) bond motifs is 1. The zero-order chi connectivity index (χ0) is 23.5. The third-order valence-electron chi connectivity index (χ3n) is 5.75. The monoisotopic (exact) mass is 438 g/mol. The number of benzene rings is 1. The zero-order valence-corrected chi connectivity index (χ0v) is 18.6. The third kappa shape index (κ3) is 5.05. The number of nitrogens with one attached hydrogen (secondary N) is 1. The molecule has 1 aliphatic rings. The van der Waals surface area contributed by atoms with Crippen LogP contribution in [0.15, 0.2) is 42.9 Å². The Labute approximate surface area is 186 Å². The van der Waals surface area contributed by atoms with Crippen molar-refractivity contribution in [1.29, 1.82) is 0 Å². The van der Waals surface area contributed by atoms with Gasteiger partial charge >= 0.3 is 5.97 Å². The molecule has 32 heavy (non-hydrogen) atoms. The molecule has 3 heterocycles. The van der Waals surface area contributed by atoms with E-state index in [1.807, 2.05) is 24.4 Å². The Balaban J connectivity index is 0.000000195. The summed E-state index contributed by atoms with van der Waals surface area (Å²) in [6.07, 6.45) is 4.16. The fraction of sp³-hybridized carbons (Fsp3) is 0.391. The van der Waals surface area contributed by atoms with Crippen LogP contribution in [0.2, 0.25) is 0 Å². The number of aromatic nitrogens is 3. The fourth-order valence-electron chi connectivity index (χ4n) is 3.58. The van der Waals surface area contributed by atoms with Crippen LogP contribution in [0.25, 0.3) is 11.0 Å². The van der Waals surface area contributed by atoms with Gasteiger partial charge in [-0.2, -0.15) is 0 Å². The maximum absolute atomic E-state index is 11.1. The van der Waals surface area contributed by atoms with Crippen LogP contribution in [0.4, 0.5) is 5.82 Å². The van der Waals surface area contributed by atoms with E-state index in [1.165, 1.54) is 11.9 Å². The lowest BCUT2D eigenvalue weighted by Gasteiger charge is -2.36. The van der Waals surface area contributed by atoms with Crippen molar-refractivity contribution in [3.8, 4) is 0 Å². The molecule has 1 amide bonds. The van der Waals surface area contributed by atoms with Gasteiger partial charge in [0.15, 0.2) is 0 Å². The second-order valence-corrected chi connectivity index (χ2v) is 9.08. The number of carboxylic acid groups (broad SMARTS) is 1. The van der Waals surface area contributed by atoms with Gasteiger partial charge in [0.2, 0.25) is 5.91 Å². The number of H-pyrrole nitrogens is 1. The number of aliphatic carboxylic acids is 1. The van der Waals surface area contributed by atoms with E-state index in [1.54, 1.807) is 12.1 Å². The lowest BCUT2D eigenvalue weighted by molar-refractivity contribution is -0.144. The fourth-order valence-corrected chi connectivity index (χ4v) is 3.58. The normalized spacial score (nSPS) is 15.7. The molecule has 0 saturated carbocycles. The van der Waals surface area contributed by atoms with E-state index in [4.69, 9.17) is 16.6 Å². The molecule has 9 heteroatoms. The van der Waals surface area contributed by atoms with E-state index in [-0.39, 0.29) is 11.3 Å². The van der Waals surface area contributed by atoms with Crippen molar-refractivity contribution >= 4 is 28.7 Å². The number of aromatic amines is 1. The molecule has 2 aromatic heterocycles. The molecule has 0 aliphatic carbocycles. The Morgan fingerprint density at radius 1 is 1.09 bits per heavy atom. The van der Waals surface area contributed by atoms with Crippen LogP contribution in [0.1, 0.15) is 49.5 Å². The van der Waals surface area contributed by atoms with Crippen LogP contribution in [0, 0.1) is 0 Å². The first-order chi connectivity index (χ1) is 15.0. The molecule has 0 bridgehead atoms. The Morgan fingerprint density at radius 3 is 2.25 bits per heavy atom. The first-order valence-electron chi connectivity index (χ1n) is 10.5. The first kappa shape index (κ1) is 23.2. The Hall–Kier alpha value is -3.46. The Kier molecular flexibility index (Phi) is 6.50. The number of anilines is 1. The van der Waals surface area contributed by atoms with Gasteiger partial charge in [0.25, 0.3) is 0 Å². The van der Waals surface area contributed by atoms with Gasteiger partial charge in [-0.05, 0) is 42.0 Å². The van der Waals surface area contributed by atoms with Crippen molar-refractivity contribution in [3.63, 3.8) is 0 Å². The van der Waals surface area contributed by atoms with Gasteiger partial charge in [-0.25, -0.2) is 9.97 Å². The van der Waals surface area contributed by atoms with E-state index in [0.29, 0.717) is 31.5 Å². The second-order valence-electron chi connectivity index (χ2n) is 9.08. The van der Waals surface area contributed by atoms with Gasteiger partial charge in [0.05, 0.1) is 5.39 Å². The standard InChI is InChI=1S/C12H15N5O2.C11H15NO/c13-12(11(18)19)2-5-17(6-3-12)10-8-1-4-14-9(8)15-7-16-10;1-11(2,3)9-6-4-8(5-7-9)10(12)13/h1,4,7H,2-3,5-6,13H2,(H,18,19)(H,14,15,16);4-7H,1-3H3,(H2,12,13). The lowest BCUT2D eigenvalue weighted by Crippen LogP contribution is -2.55. The highest BCUT2D eigenvalue weighted by Crippen LogP contribution is 2.28. The molecule has 0 spiro atoms. The van der Waals surface area contributed by atoms with Crippen LogP contribution in [0.3, 0.4) is 0 Å². The number of carbonyl (C=O) groups is 2. The van der Waals surface area contributed by atoms with E-state index < -0.39 is 11.5 Å². The largest absolute Gasteiger partial charge is 0.480 e. The number of carboxylic acids is 1. The maximum Gasteiger partial charge on any atom is 0.323 e. The van der Waals surface area contributed by atoms with Crippen LogP contribution < -0.4 is 16.4 Å². The van der Waals surface area contributed by atoms with Gasteiger partial charge in [-0.1, -0.05) is 32.9 Å². The number of amides is 1. The highest BCUT2D eigenvalue weighted by atomic mass is 16.4. The van der Waals surface area contributed by atoms with Crippen LogP contribution >= 0.6 is 0 Å². The number of nitrogens with two attached hydrogens (primary N) is 2. The molecule has 3 aromatic rings. The number of rotatable bonds is 3. The van der Waals surface area contributed by atoms with Gasteiger partial charge in [0.1, 0.15) is 23.3 Å². The van der Waals surface area contributed by atoms with Crippen molar-refractivity contribution in [2.45, 2.75) is 44.6 Å². The van der Waals surface area contributed by atoms with Gasteiger partial charge in [0, 0.05) is 24.8 Å². The minimum absolute atomic E-state index is 0.121. The highest BCUT2D eigenvalue weighted by molar-refractivity contribution is 5.92. The maximum atomic E-state index is 11.1. The van der Waals surface area contributed by atoms with Crippen LogP contribution in [-0.2, 0) is 10.2 Å². The summed E-state index contributed by atoms with van der Waals surface area (Å²) in [5.74, 6) is -0.472. The van der Waals surface area contributed by atoms with Crippen molar-refractivity contribution in [2.75, 3.05) is 18.0 Å². The minimum atomic E-state index is -1.11. The SMILES string of the molecule is CC(C)(C)c1ccc(C(N)=O)cc1.NC1(C(=O)O)CCN(c2ncnc3[nH]ccc23)CC1. The highest BCUT2D eigenvalue weighted by Gasteiger charge is 2.38.